The molecule has 3 aromatic rings. The van der Waals surface area contributed by atoms with Crippen molar-refractivity contribution in [3.05, 3.63) is 59.4 Å². The van der Waals surface area contributed by atoms with Crippen molar-refractivity contribution in [3.63, 3.8) is 0 Å². The molecule has 1 atom stereocenters. The second-order valence-electron chi connectivity index (χ2n) is 13.6. The number of nitriles is 1. The number of fused-ring (bicyclic) bond motifs is 1. The number of piperidine rings is 1. The van der Waals surface area contributed by atoms with Crippen LogP contribution in [0.15, 0.2) is 58.3 Å². The number of aliphatic hydroxyl groups is 1. The summed E-state index contributed by atoms with van der Waals surface area (Å²) in [6.45, 7) is 3.35. The fourth-order valence-corrected chi connectivity index (χ4v) is 6.27. The fraction of sp³-hybridized carbons (Fsp3) is 0.442. The maximum absolute atomic E-state index is 13.6. The van der Waals surface area contributed by atoms with Gasteiger partial charge in [0.15, 0.2) is 11.7 Å². The number of aliphatic hydroxyl groups excluding tert-OH is 1. The number of methoxy groups -OCH3 is 1. The van der Waals surface area contributed by atoms with Gasteiger partial charge in [-0.2, -0.15) is 5.26 Å². The van der Waals surface area contributed by atoms with Crippen LogP contribution in [0.5, 0.6) is 5.75 Å². The Kier molecular flexibility index (Phi) is 20.7. The van der Waals surface area contributed by atoms with Crippen LogP contribution in [0.4, 0.5) is 5.82 Å². The maximum atomic E-state index is 13.6. The molecule has 0 saturated carbocycles. The van der Waals surface area contributed by atoms with Gasteiger partial charge in [0.1, 0.15) is 18.7 Å². The molecule has 2 aromatic heterocycles. The van der Waals surface area contributed by atoms with Crippen molar-refractivity contribution in [1.82, 2.24) is 25.5 Å². The molecule has 0 radical (unpaired) electrons. The molecular weight excluding hydrogens is 803 g/mol. The minimum absolute atomic E-state index is 0.0609. The number of nitrogens with two attached hydrogens (primary N) is 1. The van der Waals surface area contributed by atoms with E-state index in [2.05, 4.69) is 42.6 Å². The number of aliphatic imine (C=N–C) groups is 2. The van der Waals surface area contributed by atoms with Crippen molar-refractivity contribution in [2.75, 3.05) is 86.2 Å². The van der Waals surface area contributed by atoms with Gasteiger partial charge in [-0.15, -0.1) is 6.42 Å². The number of ether oxygens (including phenoxy) is 5. The number of carbonyl (C=O) groups excluding carboxylic acids is 4. The highest BCUT2D eigenvalue weighted by Crippen LogP contribution is 2.34. The van der Waals surface area contributed by atoms with Gasteiger partial charge >= 0.3 is 0 Å². The van der Waals surface area contributed by atoms with Crippen LogP contribution < -0.4 is 21.1 Å². The van der Waals surface area contributed by atoms with E-state index < -0.39 is 29.5 Å². The molecule has 19 heteroatoms. The minimum Gasteiger partial charge on any atom is -0.494 e. The molecule has 1 aromatic carbocycles. The summed E-state index contributed by atoms with van der Waals surface area (Å²) < 4.78 is 26.7. The first-order chi connectivity index (χ1) is 30.2. The Morgan fingerprint density at radius 2 is 1.73 bits per heavy atom. The van der Waals surface area contributed by atoms with Crippen molar-refractivity contribution in [1.29, 1.82) is 5.26 Å². The molecule has 1 aliphatic heterocycles. The minimum atomic E-state index is -0.757. The van der Waals surface area contributed by atoms with Crippen molar-refractivity contribution >= 4 is 58.0 Å². The third kappa shape index (κ3) is 14.9. The molecule has 0 bridgehead atoms. The van der Waals surface area contributed by atoms with E-state index in [0.29, 0.717) is 77.4 Å². The third-order valence-electron chi connectivity index (χ3n) is 9.49. The molecule has 1 saturated heterocycles. The molecule has 0 spiro atoms. The Bertz CT molecular complexity index is 2130. The number of allylic oxidation sites excluding steroid dienone is 1. The van der Waals surface area contributed by atoms with Crippen molar-refractivity contribution in [2.45, 2.75) is 38.1 Å². The number of aromatic amines is 1. The molecule has 3 amide bonds. The van der Waals surface area contributed by atoms with Crippen molar-refractivity contribution < 1.29 is 48.0 Å². The lowest BCUT2D eigenvalue weighted by Crippen LogP contribution is -2.44. The Morgan fingerprint density at radius 3 is 2.37 bits per heavy atom. The quantitative estimate of drug-likeness (QED) is 0.0155. The molecule has 0 aliphatic carbocycles. The molecule has 1 fully saturated rings. The van der Waals surface area contributed by atoms with Crippen LogP contribution in [0.1, 0.15) is 48.0 Å². The van der Waals surface area contributed by atoms with E-state index >= 15 is 0 Å². The zero-order valence-electron chi connectivity index (χ0n) is 34.7. The largest absolute Gasteiger partial charge is 0.494 e. The number of pyridine rings is 1. The predicted octanol–water partition coefficient (Wildman–Crippen LogP) is 1.83. The number of hydrogen-bond acceptors (Lipinski definition) is 13. The molecule has 330 valence electrons. The van der Waals surface area contributed by atoms with Gasteiger partial charge in [-0.05, 0) is 36.8 Å². The summed E-state index contributed by atoms with van der Waals surface area (Å²) in [7, 11) is 1.40. The molecule has 6 N–H and O–H groups in total. The lowest BCUT2D eigenvalue weighted by Gasteiger charge is -2.28. The zero-order chi connectivity index (χ0) is 44.5. The number of amidine groups is 1. The predicted molar refractivity (Wildman–Crippen MR) is 230 cm³/mol. The second-order valence-corrected chi connectivity index (χ2v) is 13.6. The number of rotatable bonds is 25. The number of terminal acetylenes is 1. The van der Waals surface area contributed by atoms with E-state index in [9.17, 15) is 29.5 Å². The summed E-state index contributed by atoms with van der Waals surface area (Å²) in [5, 5.41) is 25.3. The van der Waals surface area contributed by atoms with Gasteiger partial charge in [0.25, 0.3) is 17.6 Å². The monoisotopic (exact) mass is 855 g/mol. The number of likely N-dealkylation sites (tertiary alicyclic amines) is 1. The standard InChI is InChI=1S/C43H53N9O10/c1-3-17-59-19-21-61-23-24-62-22-20-60-18-13-36(54)46-14-7-10-32(28-53)51-42(56)40(45)49-29-50-41-38-37(35(58-2)27-48-41)34(26-47-38)39(55)43(57)52-15-11-31(12-16-52)33(25-44)30-8-5-4-6-9-30/h1,4-6,8-9,26-27,29,32,47,53H,7,10-24,28H2,2H3,(H,46,54)(H,51,56)(H2,45,48,49,50)/t32-/m0/s1. The normalized spacial score (nSPS) is 13.4. The topological polar surface area (TPSA) is 265 Å². The summed E-state index contributed by atoms with van der Waals surface area (Å²) in [4.78, 5) is 68.7. The number of nitrogens with one attached hydrogen (secondary N) is 3. The fourth-order valence-electron chi connectivity index (χ4n) is 6.27. The van der Waals surface area contributed by atoms with E-state index in [1.54, 1.807) is 0 Å². The molecule has 62 heavy (non-hydrogen) atoms. The van der Waals surface area contributed by atoms with Gasteiger partial charge in [-0.3, -0.25) is 19.2 Å². The van der Waals surface area contributed by atoms with Crippen LogP contribution in [-0.2, 0) is 33.3 Å². The smallest absolute Gasteiger partial charge is 0.295 e. The Labute approximate surface area is 359 Å². The summed E-state index contributed by atoms with van der Waals surface area (Å²) in [5.41, 5.74) is 8.56. The number of hydrogen-bond donors (Lipinski definition) is 5. The van der Waals surface area contributed by atoms with E-state index in [0.717, 1.165) is 17.5 Å². The zero-order valence-corrected chi connectivity index (χ0v) is 34.7. The van der Waals surface area contributed by atoms with Crippen LogP contribution in [0.25, 0.3) is 16.5 Å². The SMILES string of the molecule is C#CCOCCOCCOCCOCCC(=O)NCCC[C@@H](CO)NC(=O)C(N)=NC=Nc1ncc(OC)c2c(C(=O)C(=O)N3CCC(=C(C#N)c4ccccc4)CC3)c[nH]c12. The van der Waals surface area contributed by atoms with E-state index in [1.165, 1.54) is 24.4 Å². The van der Waals surface area contributed by atoms with Gasteiger partial charge in [-0.25, -0.2) is 15.0 Å². The Hall–Kier alpha value is -6.48. The molecule has 1 aliphatic rings. The first kappa shape index (κ1) is 48.2. The van der Waals surface area contributed by atoms with Crippen LogP contribution in [0, 0.1) is 23.7 Å². The van der Waals surface area contributed by atoms with Gasteiger partial charge in [0.2, 0.25) is 5.91 Å². The number of H-pyrrole nitrogens is 1. The van der Waals surface area contributed by atoms with Crippen LogP contribution >= 0.6 is 0 Å². The van der Waals surface area contributed by atoms with Crippen LogP contribution in [0.3, 0.4) is 0 Å². The first-order valence-electron chi connectivity index (χ1n) is 20.1. The summed E-state index contributed by atoms with van der Waals surface area (Å²) in [6, 6.07) is 11.0. The number of amides is 3. The number of nitrogens with zero attached hydrogens (tertiary/aromatic N) is 5. The van der Waals surface area contributed by atoms with Crippen molar-refractivity contribution in [3.8, 4) is 24.2 Å². The van der Waals surface area contributed by atoms with E-state index in [4.69, 9.17) is 35.8 Å². The number of ketones is 1. The summed E-state index contributed by atoms with van der Waals surface area (Å²) in [5.74, 6) is -0.166. The average Bonchev–Trinajstić information content (AvgIpc) is 3.75. The Morgan fingerprint density at radius 1 is 1.05 bits per heavy atom. The molecule has 0 unspecified atom stereocenters. The molecular formula is C43H53N9O10. The highest BCUT2D eigenvalue weighted by Gasteiger charge is 2.30. The highest BCUT2D eigenvalue weighted by molar-refractivity contribution is 6.45. The molecule has 4 rings (SSSR count). The van der Waals surface area contributed by atoms with E-state index in [-0.39, 0.29) is 73.3 Å². The number of Topliss-reactive ketones (excluding diaryl/α,β-unsaturated/α-hetero) is 1. The lowest BCUT2D eigenvalue weighted by molar-refractivity contribution is -0.127. The average molecular weight is 856 g/mol. The van der Waals surface area contributed by atoms with Gasteiger partial charge in [-0.1, -0.05) is 36.3 Å². The number of benzene rings is 1. The van der Waals surface area contributed by atoms with Gasteiger partial charge in [0.05, 0.1) is 100 Å². The van der Waals surface area contributed by atoms with Crippen molar-refractivity contribution in [2.24, 2.45) is 15.7 Å². The third-order valence-corrected chi connectivity index (χ3v) is 9.49. The van der Waals surface area contributed by atoms with Crippen LogP contribution in [0.2, 0.25) is 0 Å². The molecule has 3 heterocycles. The first-order valence-corrected chi connectivity index (χ1v) is 20.1. The highest BCUT2D eigenvalue weighted by atomic mass is 16.6. The van der Waals surface area contributed by atoms with Gasteiger partial charge in [0, 0.05) is 32.3 Å². The second kappa shape index (κ2) is 26.7. The number of aromatic nitrogens is 2. The summed E-state index contributed by atoms with van der Waals surface area (Å²) >= 11 is 0. The summed E-state index contributed by atoms with van der Waals surface area (Å²) in [6.07, 6.45) is 10.7. The maximum Gasteiger partial charge on any atom is 0.295 e. The lowest BCUT2D eigenvalue weighted by atomic mass is 9.93. The van der Waals surface area contributed by atoms with Crippen LogP contribution in [-0.4, -0.2) is 148 Å². The number of carbonyl (C=O) groups is 4. The molecule has 19 nitrogen and oxygen atoms in total. The van der Waals surface area contributed by atoms with E-state index in [1.807, 2.05) is 30.3 Å². The Balaban J connectivity index is 1.20. The van der Waals surface area contributed by atoms with Gasteiger partial charge < -0.3 is 55.0 Å².